The number of carbonyl (C=O) groups excluding carboxylic acids is 1. The average Bonchev–Trinajstić information content (AvgIpc) is 2.77. The van der Waals surface area contributed by atoms with Crippen molar-refractivity contribution in [2.45, 2.75) is 50.8 Å². The van der Waals surface area contributed by atoms with Crippen LogP contribution in [0.1, 0.15) is 47.8 Å². The fraction of sp³-hybridized carbons (Fsp3) is 0.455. The van der Waals surface area contributed by atoms with Crippen LogP contribution in [0, 0.1) is 17.6 Å². The number of carbonyl (C=O) groups is 1. The molecule has 1 aromatic heterocycles. The molecule has 3 unspecified atom stereocenters. The summed E-state index contributed by atoms with van der Waals surface area (Å²) in [6.07, 6.45) is -4.78. The Kier molecular flexibility index (Phi) is 7.04. The van der Waals surface area contributed by atoms with Gasteiger partial charge >= 0.3 is 6.18 Å². The van der Waals surface area contributed by atoms with Gasteiger partial charge in [-0.05, 0) is 31.4 Å². The topological polar surface area (TPSA) is 107 Å². The number of fused-ring (bicyclic) bond motifs is 1. The van der Waals surface area contributed by atoms with E-state index in [1.54, 1.807) is 6.07 Å². The Balaban J connectivity index is 2.02. The number of nitrogens with zero attached hydrogens (tertiary/aromatic N) is 1. The number of nitrogens with one attached hydrogen (secondary N) is 1. The number of aromatic nitrogens is 1. The minimum absolute atomic E-state index is 0.0179. The van der Waals surface area contributed by atoms with Crippen molar-refractivity contribution in [2.24, 2.45) is 11.7 Å². The lowest BCUT2D eigenvalue weighted by atomic mass is 9.74. The zero-order valence-electron chi connectivity index (χ0n) is 18.5. The quantitative estimate of drug-likeness (QED) is 0.510. The molecule has 186 valence electrons. The molecule has 2 heterocycles. The third-order valence-corrected chi connectivity index (χ3v) is 6.25. The number of benzene rings is 1. The van der Waals surface area contributed by atoms with E-state index >= 15 is 0 Å². The Labute approximate surface area is 192 Å². The third kappa shape index (κ3) is 4.64. The number of hydrogen-bond acceptors (Lipinski definition) is 6. The molecule has 0 fully saturated rings. The number of aliphatic hydroxyl groups is 1. The van der Waals surface area contributed by atoms with Crippen molar-refractivity contribution in [1.82, 2.24) is 4.98 Å². The predicted molar refractivity (Wildman–Crippen MR) is 111 cm³/mol. The number of primary amides is 1. The monoisotopic (exact) mass is 489 g/mol. The summed E-state index contributed by atoms with van der Waals surface area (Å²) in [5.41, 5.74) is 2.87. The first-order valence-corrected chi connectivity index (χ1v) is 10.3. The first kappa shape index (κ1) is 25.6. The number of methoxy groups -OCH3 is 1. The van der Waals surface area contributed by atoms with Gasteiger partial charge in [0.2, 0.25) is 5.82 Å². The highest BCUT2D eigenvalue weighted by atomic mass is 19.4. The lowest BCUT2D eigenvalue weighted by Gasteiger charge is -2.40. The molecule has 7 nitrogen and oxygen atoms in total. The van der Waals surface area contributed by atoms with E-state index in [2.05, 4.69) is 10.3 Å². The van der Waals surface area contributed by atoms with Gasteiger partial charge < -0.3 is 25.6 Å². The van der Waals surface area contributed by atoms with Gasteiger partial charge in [-0.2, -0.15) is 17.6 Å². The van der Waals surface area contributed by atoms with Crippen LogP contribution in [-0.2, 0) is 11.3 Å². The van der Waals surface area contributed by atoms with Crippen LogP contribution < -0.4 is 15.8 Å². The van der Waals surface area contributed by atoms with Crippen LogP contribution in [0.5, 0.6) is 5.75 Å². The van der Waals surface area contributed by atoms with Crippen molar-refractivity contribution >= 4 is 11.6 Å². The molecule has 4 N–H and O–H groups in total. The predicted octanol–water partition coefficient (Wildman–Crippen LogP) is 3.86. The maximum atomic E-state index is 14.4. The number of pyridine rings is 1. The minimum atomic E-state index is -5.01. The maximum absolute atomic E-state index is 14.4. The molecule has 1 aliphatic heterocycles. The summed E-state index contributed by atoms with van der Waals surface area (Å²) in [5.74, 6) is -6.66. The largest absolute Gasteiger partial charge is 0.493 e. The van der Waals surface area contributed by atoms with Crippen molar-refractivity contribution in [1.29, 1.82) is 0 Å². The van der Waals surface area contributed by atoms with Crippen LogP contribution in [0.3, 0.4) is 0 Å². The fourth-order valence-electron chi connectivity index (χ4n) is 4.04. The molecule has 0 spiro atoms. The molecule has 1 aliphatic rings. The number of halogens is 5. The standard InChI is InChI=1S/C22H24F5N3O4/c1-10(21(2,32)22(25,26)27)12(11-4-5-14(23)17(24)19(11)33-3)8-16-30-15-6-7-29-18(20(28)31)13(15)9-34-16/h4-7,10,12,16,30,32H,8-9H2,1-3H3,(H2,28,31)/t10?,12?,16?,21-/m1/s1. The van der Waals surface area contributed by atoms with E-state index in [-0.39, 0.29) is 24.3 Å². The van der Waals surface area contributed by atoms with E-state index in [0.29, 0.717) is 18.2 Å². The van der Waals surface area contributed by atoms with Gasteiger partial charge in [0.15, 0.2) is 17.2 Å². The smallest absolute Gasteiger partial charge is 0.417 e. The van der Waals surface area contributed by atoms with Crippen LogP contribution in [-0.4, -0.2) is 41.1 Å². The first-order chi connectivity index (χ1) is 15.8. The fourth-order valence-corrected chi connectivity index (χ4v) is 4.04. The van der Waals surface area contributed by atoms with Crippen molar-refractivity contribution in [3.05, 3.63) is 52.9 Å². The van der Waals surface area contributed by atoms with Gasteiger partial charge in [0.05, 0.1) is 13.7 Å². The molecule has 0 aliphatic carbocycles. The summed E-state index contributed by atoms with van der Waals surface area (Å²) in [6.45, 7) is 1.65. The number of amides is 1. The molecule has 4 atom stereocenters. The lowest BCUT2D eigenvalue weighted by Crippen LogP contribution is -2.50. The van der Waals surface area contributed by atoms with Crippen LogP contribution >= 0.6 is 0 Å². The summed E-state index contributed by atoms with van der Waals surface area (Å²) < 4.78 is 79.9. The molecular formula is C22H24F5N3O4. The Morgan fingerprint density at radius 2 is 2.03 bits per heavy atom. The minimum Gasteiger partial charge on any atom is -0.493 e. The van der Waals surface area contributed by atoms with Crippen molar-refractivity contribution in [3.63, 3.8) is 0 Å². The molecule has 12 heteroatoms. The van der Waals surface area contributed by atoms with E-state index in [1.807, 2.05) is 0 Å². The Morgan fingerprint density at radius 1 is 1.35 bits per heavy atom. The van der Waals surface area contributed by atoms with Gasteiger partial charge in [0.25, 0.3) is 5.91 Å². The normalized spacial score (nSPS) is 19.4. The zero-order chi connectivity index (χ0) is 25.4. The van der Waals surface area contributed by atoms with Crippen LogP contribution in [0.25, 0.3) is 0 Å². The number of nitrogens with two attached hydrogens (primary N) is 1. The Bertz CT molecular complexity index is 1080. The molecule has 2 aromatic rings. The summed E-state index contributed by atoms with van der Waals surface area (Å²) >= 11 is 0. The SMILES string of the molecule is COc1c(C(CC2Nc3ccnc(C(N)=O)c3CO2)C(C)[C@@](C)(O)C(F)(F)F)ccc(F)c1F. The molecule has 1 amide bonds. The highest BCUT2D eigenvalue weighted by Crippen LogP contribution is 2.47. The van der Waals surface area contributed by atoms with Crippen molar-refractivity contribution < 1.29 is 41.3 Å². The highest BCUT2D eigenvalue weighted by molar-refractivity contribution is 5.93. The number of hydrogen-bond donors (Lipinski definition) is 3. The molecule has 0 radical (unpaired) electrons. The second-order valence-electron chi connectivity index (χ2n) is 8.25. The first-order valence-electron chi connectivity index (χ1n) is 10.3. The van der Waals surface area contributed by atoms with E-state index in [1.165, 1.54) is 6.20 Å². The van der Waals surface area contributed by atoms with Gasteiger partial charge in [-0.25, -0.2) is 4.39 Å². The maximum Gasteiger partial charge on any atom is 0.417 e. The van der Waals surface area contributed by atoms with Crippen molar-refractivity contribution in [2.75, 3.05) is 12.4 Å². The summed E-state index contributed by atoms with van der Waals surface area (Å²) in [7, 11) is 1.06. The van der Waals surface area contributed by atoms with Gasteiger partial charge in [-0.15, -0.1) is 0 Å². The van der Waals surface area contributed by atoms with Crippen LogP contribution in [0.4, 0.5) is 27.6 Å². The second kappa shape index (κ2) is 9.34. The zero-order valence-corrected chi connectivity index (χ0v) is 18.5. The lowest BCUT2D eigenvalue weighted by molar-refractivity contribution is -0.273. The summed E-state index contributed by atoms with van der Waals surface area (Å²) in [6, 6.07) is 3.45. The van der Waals surface area contributed by atoms with Gasteiger partial charge in [-0.1, -0.05) is 13.0 Å². The molecular weight excluding hydrogens is 465 g/mol. The number of ether oxygens (including phenoxy) is 2. The Morgan fingerprint density at radius 3 is 2.62 bits per heavy atom. The molecule has 1 aromatic carbocycles. The Hall–Kier alpha value is -2.99. The summed E-state index contributed by atoms with van der Waals surface area (Å²) in [4.78, 5) is 15.5. The van der Waals surface area contributed by atoms with E-state index in [4.69, 9.17) is 15.2 Å². The number of anilines is 1. The van der Waals surface area contributed by atoms with E-state index < -0.39 is 53.1 Å². The van der Waals surface area contributed by atoms with Gasteiger partial charge in [0.1, 0.15) is 11.9 Å². The number of alkyl halides is 3. The molecule has 34 heavy (non-hydrogen) atoms. The molecule has 0 saturated carbocycles. The van der Waals surface area contributed by atoms with E-state index in [9.17, 15) is 31.9 Å². The van der Waals surface area contributed by atoms with Gasteiger partial charge in [-0.3, -0.25) is 9.78 Å². The van der Waals surface area contributed by atoms with Crippen molar-refractivity contribution in [3.8, 4) is 5.75 Å². The molecule has 0 bridgehead atoms. The third-order valence-electron chi connectivity index (χ3n) is 6.25. The molecule has 0 saturated heterocycles. The van der Waals surface area contributed by atoms with Crippen LogP contribution in [0.15, 0.2) is 24.4 Å². The van der Waals surface area contributed by atoms with E-state index in [0.717, 1.165) is 26.2 Å². The highest BCUT2D eigenvalue weighted by Gasteiger charge is 2.55. The summed E-state index contributed by atoms with van der Waals surface area (Å²) in [5, 5.41) is 13.3. The molecule has 3 rings (SSSR count). The average molecular weight is 489 g/mol. The van der Waals surface area contributed by atoms with Crippen LogP contribution in [0.2, 0.25) is 0 Å². The number of rotatable bonds is 7. The second-order valence-corrected chi connectivity index (χ2v) is 8.25. The van der Waals surface area contributed by atoms with Gasteiger partial charge in [0, 0.05) is 28.9 Å².